The van der Waals surface area contributed by atoms with E-state index in [1.165, 1.54) is 0 Å². The van der Waals surface area contributed by atoms with Gasteiger partial charge in [-0.1, -0.05) is 44.5 Å². The lowest BCUT2D eigenvalue weighted by Crippen LogP contribution is -2.47. The number of halogens is 1. The molecule has 168 valence electrons. The number of rotatable bonds is 10. The second-order valence-corrected chi connectivity index (χ2v) is 8.23. The van der Waals surface area contributed by atoms with Crippen molar-refractivity contribution < 1.29 is 19.4 Å². The molecule has 1 aromatic carbocycles. The average molecular weight is 438 g/mol. The van der Waals surface area contributed by atoms with Gasteiger partial charge in [-0.15, -0.1) is 6.58 Å². The maximum Gasteiger partial charge on any atom is 0.310 e. The molecule has 2 rings (SSSR count). The Hall–Kier alpha value is -2.01. The molecule has 6 heteroatoms. The minimum atomic E-state index is -0.823. The van der Waals surface area contributed by atoms with Crippen molar-refractivity contribution in [2.75, 3.05) is 6.61 Å². The van der Waals surface area contributed by atoms with Crippen molar-refractivity contribution in [2.24, 2.45) is 5.41 Å². The van der Waals surface area contributed by atoms with Crippen molar-refractivity contribution in [1.29, 1.82) is 0 Å². The van der Waals surface area contributed by atoms with Gasteiger partial charge >= 0.3 is 5.97 Å². The normalized spacial score (nSPS) is 22.6. The van der Waals surface area contributed by atoms with Crippen molar-refractivity contribution in [3.8, 4) is 5.75 Å². The largest absolute Gasteiger partial charge is 0.492 e. The highest BCUT2D eigenvalue weighted by molar-refractivity contribution is 6.32. The molecule has 1 amide bonds. The van der Waals surface area contributed by atoms with Crippen molar-refractivity contribution in [1.82, 2.24) is 5.32 Å². The van der Waals surface area contributed by atoms with E-state index < -0.39 is 16.9 Å². The minimum absolute atomic E-state index is 0.0692. The molecule has 1 aromatic rings. The van der Waals surface area contributed by atoms with Gasteiger partial charge in [0.15, 0.2) is 0 Å². The highest BCUT2D eigenvalue weighted by Crippen LogP contribution is 2.48. The van der Waals surface area contributed by atoms with Gasteiger partial charge in [-0.2, -0.15) is 0 Å². The summed E-state index contributed by atoms with van der Waals surface area (Å²) in [6.45, 7) is 12.0. The van der Waals surface area contributed by atoms with Crippen LogP contribution in [0.4, 0.5) is 0 Å². The van der Waals surface area contributed by atoms with E-state index in [0.717, 1.165) is 5.56 Å². The molecular formula is C24H36ClNO4. The summed E-state index contributed by atoms with van der Waals surface area (Å²) >= 11 is 6.14. The summed E-state index contributed by atoms with van der Waals surface area (Å²) in [5.74, 6) is -0.259. The maximum absolute atomic E-state index is 12.5. The summed E-state index contributed by atoms with van der Waals surface area (Å²) in [6, 6.07) is 5.59. The van der Waals surface area contributed by atoms with Crippen molar-refractivity contribution in [3.63, 3.8) is 0 Å². The number of benzene rings is 1. The SMILES string of the molecule is C=CCC1(C(=O)O)CCC(CC)(NC(=O)CCCOc2ccc(C)cc2Cl)C1.CC. The number of carboxylic acids is 1. The zero-order chi connectivity index (χ0) is 22.8. The number of ether oxygens (including phenoxy) is 1. The molecule has 5 nitrogen and oxygen atoms in total. The Morgan fingerprint density at radius 3 is 2.60 bits per heavy atom. The molecule has 1 fully saturated rings. The van der Waals surface area contributed by atoms with Crippen molar-refractivity contribution >= 4 is 23.5 Å². The van der Waals surface area contributed by atoms with Crippen LogP contribution in [0.15, 0.2) is 30.9 Å². The molecule has 1 aliphatic carbocycles. The zero-order valence-corrected chi connectivity index (χ0v) is 19.5. The second kappa shape index (κ2) is 12.0. The van der Waals surface area contributed by atoms with E-state index in [4.69, 9.17) is 16.3 Å². The Morgan fingerprint density at radius 2 is 2.03 bits per heavy atom. The number of nitrogens with one attached hydrogen (secondary N) is 1. The average Bonchev–Trinajstić information content (AvgIpc) is 3.09. The molecule has 30 heavy (non-hydrogen) atoms. The molecule has 0 heterocycles. The van der Waals surface area contributed by atoms with Gasteiger partial charge in [-0.25, -0.2) is 0 Å². The number of allylic oxidation sites excluding steroid dienone is 1. The van der Waals surface area contributed by atoms with Crippen LogP contribution in [-0.2, 0) is 9.59 Å². The Balaban J connectivity index is 0.00000218. The molecule has 0 aliphatic heterocycles. The third kappa shape index (κ3) is 6.76. The van der Waals surface area contributed by atoms with Crippen LogP contribution in [-0.4, -0.2) is 29.1 Å². The molecule has 0 spiro atoms. The molecule has 1 saturated carbocycles. The molecule has 0 bridgehead atoms. The van der Waals surface area contributed by atoms with Crippen molar-refractivity contribution in [2.45, 2.75) is 78.2 Å². The summed E-state index contributed by atoms with van der Waals surface area (Å²) < 4.78 is 5.66. The van der Waals surface area contributed by atoms with E-state index >= 15 is 0 Å². The number of hydrogen-bond acceptors (Lipinski definition) is 3. The van der Waals surface area contributed by atoms with E-state index in [2.05, 4.69) is 11.9 Å². The summed E-state index contributed by atoms with van der Waals surface area (Å²) in [4.78, 5) is 24.3. The Labute approximate surface area is 185 Å². The highest BCUT2D eigenvalue weighted by atomic mass is 35.5. The smallest absolute Gasteiger partial charge is 0.310 e. The quantitative estimate of drug-likeness (QED) is 0.351. The molecule has 0 saturated heterocycles. The molecule has 2 atom stereocenters. The summed E-state index contributed by atoms with van der Waals surface area (Å²) in [5, 5.41) is 13.4. The fraction of sp³-hybridized carbons (Fsp3) is 0.583. The van der Waals surface area contributed by atoms with Gasteiger partial charge in [0.1, 0.15) is 5.75 Å². The van der Waals surface area contributed by atoms with Gasteiger partial charge in [0.05, 0.1) is 17.0 Å². The van der Waals surface area contributed by atoms with Gasteiger partial charge in [-0.3, -0.25) is 9.59 Å². The predicted molar refractivity (Wildman–Crippen MR) is 122 cm³/mol. The topological polar surface area (TPSA) is 75.6 Å². The van der Waals surface area contributed by atoms with Gasteiger partial charge in [0.25, 0.3) is 0 Å². The van der Waals surface area contributed by atoms with Crippen molar-refractivity contribution in [3.05, 3.63) is 41.4 Å². The number of aryl methyl sites for hydroxylation is 1. The Bertz CT molecular complexity index is 736. The van der Waals surface area contributed by atoms with Gasteiger partial charge in [-0.05, 0) is 63.1 Å². The van der Waals surface area contributed by atoms with E-state index in [9.17, 15) is 14.7 Å². The fourth-order valence-corrected chi connectivity index (χ4v) is 4.31. The van der Waals surface area contributed by atoms with E-state index in [-0.39, 0.29) is 5.91 Å². The predicted octanol–water partition coefficient (Wildman–Crippen LogP) is 5.93. The van der Waals surface area contributed by atoms with Crippen LogP contribution in [0.5, 0.6) is 5.75 Å². The number of amides is 1. The summed E-state index contributed by atoms with van der Waals surface area (Å²) in [5.41, 5.74) is -0.220. The molecular weight excluding hydrogens is 402 g/mol. The van der Waals surface area contributed by atoms with E-state index in [0.29, 0.717) is 62.3 Å². The number of carboxylic acid groups (broad SMARTS) is 1. The van der Waals surface area contributed by atoms with Gasteiger partial charge in [0.2, 0.25) is 5.91 Å². The first-order valence-corrected chi connectivity index (χ1v) is 11.2. The zero-order valence-electron chi connectivity index (χ0n) is 18.7. The molecule has 2 unspecified atom stereocenters. The monoisotopic (exact) mass is 437 g/mol. The Kier molecular flexibility index (Phi) is 10.4. The highest BCUT2D eigenvalue weighted by Gasteiger charge is 2.51. The number of carbonyl (C=O) groups excluding carboxylic acids is 1. The summed E-state index contributed by atoms with van der Waals surface area (Å²) in [6.07, 6.45) is 5.35. The lowest BCUT2D eigenvalue weighted by Gasteiger charge is -2.32. The first kappa shape index (κ1) is 26.0. The first-order valence-electron chi connectivity index (χ1n) is 10.8. The molecule has 0 aromatic heterocycles. The van der Waals surface area contributed by atoms with Crippen LogP contribution in [0.25, 0.3) is 0 Å². The van der Waals surface area contributed by atoms with Crippen LogP contribution in [0.1, 0.15) is 71.3 Å². The second-order valence-electron chi connectivity index (χ2n) is 7.82. The lowest BCUT2D eigenvalue weighted by atomic mass is 9.80. The third-order valence-corrected chi connectivity index (χ3v) is 6.02. The summed E-state index contributed by atoms with van der Waals surface area (Å²) in [7, 11) is 0. The number of carbonyl (C=O) groups is 2. The van der Waals surface area contributed by atoms with E-state index in [1.54, 1.807) is 6.08 Å². The lowest BCUT2D eigenvalue weighted by molar-refractivity contribution is -0.149. The Morgan fingerprint density at radius 1 is 1.33 bits per heavy atom. The van der Waals surface area contributed by atoms with Crippen LogP contribution >= 0.6 is 11.6 Å². The van der Waals surface area contributed by atoms with Gasteiger partial charge in [0, 0.05) is 12.0 Å². The minimum Gasteiger partial charge on any atom is -0.492 e. The van der Waals surface area contributed by atoms with Crippen LogP contribution in [0.2, 0.25) is 5.02 Å². The third-order valence-electron chi connectivity index (χ3n) is 5.72. The van der Waals surface area contributed by atoms with E-state index in [1.807, 2.05) is 45.9 Å². The molecule has 2 N–H and O–H groups in total. The van der Waals surface area contributed by atoms with Crippen LogP contribution in [0, 0.1) is 12.3 Å². The number of aliphatic carboxylic acids is 1. The molecule has 0 radical (unpaired) electrons. The first-order chi connectivity index (χ1) is 14.3. The standard InChI is InChI=1S/C22H30ClNO4.C2H6/c1-4-10-21(20(26)27)11-12-22(5-2,15-21)24-19(25)7-6-13-28-18-9-8-16(3)14-17(18)23;1-2/h4,8-9,14H,1,5-7,10-13,15H2,2-3H3,(H,24,25)(H,26,27);1-2H3. The number of hydrogen-bond donors (Lipinski definition) is 2. The van der Waals surface area contributed by atoms with Crippen LogP contribution in [0.3, 0.4) is 0 Å². The van der Waals surface area contributed by atoms with Gasteiger partial charge < -0.3 is 15.2 Å². The molecule has 1 aliphatic rings. The maximum atomic E-state index is 12.5. The fourth-order valence-electron chi connectivity index (χ4n) is 4.02. The van der Waals surface area contributed by atoms with Crippen LogP contribution < -0.4 is 10.1 Å².